The summed E-state index contributed by atoms with van der Waals surface area (Å²) < 4.78 is 9.33. The van der Waals surface area contributed by atoms with Crippen molar-refractivity contribution >= 4 is 5.97 Å². The molecule has 0 aromatic carbocycles. The zero-order valence-electron chi connectivity index (χ0n) is 11.4. The van der Waals surface area contributed by atoms with Crippen LogP contribution in [-0.2, 0) is 14.3 Å². The second-order valence-corrected chi connectivity index (χ2v) is 4.25. The van der Waals surface area contributed by atoms with E-state index < -0.39 is 17.7 Å². The van der Waals surface area contributed by atoms with Gasteiger partial charge in [0.2, 0.25) is 0 Å². The lowest BCUT2D eigenvalue weighted by molar-refractivity contribution is -0.158. The molecule has 0 aromatic heterocycles. The van der Waals surface area contributed by atoms with Crippen molar-refractivity contribution in [3.8, 4) is 0 Å². The van der Waals surface area contributed by atoms with E-state index in [1.807, 2.05) is 6.92 Å². The van der Waals surface area contributed by atoms with E-state index in [0.717, 1.165) is 12.5 Å². The van der Waals surface area contributed by atoms with E-state index in [4.69, 9.17) is 20.1 Å². The molecule has 0 rings (SSSR count). The van der Waals surface area contributed by atoms with Gasteiger partial charge in [0.1, 0.15) is 0 Å². The van der Waals surface area contributed by atoms with Gasteiger partial charge in [-0.05, 0) is 6.42 Å². The molecule has 0 aliphatic carbocycles. The first-order valence-corrected chi connectivity index (χ1v) is 5.64. The molecule has 0 saturated carbocycles. The predicted octanol–water partition coefficient (Wildman–Crippen LogP) is 0.981. The molecule has 108 valence electrons. The summed E-state index contributed by atoms with van der Waals surface area (Å²) in [4.78, 5) is 9.80. The number of carbonyl (C=O) groups is 1. The molecule has 0 amide bonds. The fraction of sp³-hybridized carbons (Fsp3) is 0.750. The third kappa shape index (κ3) is 11.4. The molecule has 6 heteroatoms. The molecule has 0 aliphatic heterocycles. The predicted molar refractivity (Wildman–Crippen MR) is 66.9 cm³/mol. The zero-order chi connectivity index (χ0) is 14.6. The van der Waals surface area contributed by atoms with Gasteiger partial charge in [-0.15, -0.1) is 0 Å². The van der Waals surface area contributed by atoms with Gasteiger partial charge in [-0.1, -0.05) is 20.8 Å². The second kappa shape index (κ2) is 11.0. The summed E-state index contributed by atoms with van der Waals surface area (Å²) in [5.74, 6) is -0.980. The minimum Gasteiger partial charge on any atom is -0.501 e. The van der Waals surface area contributed by atoms with Gasteiger partial charge in [0.15, 0.2) is 6.29 Å². The van der Waals surface area contributed by atoms with Gasteiger partial charge in [-0.3, -0.25) is 0 Å². The van der Waals surface area contributed by atoms with Gasteiger partial charge in [0, 0.05) is 12.5 Å². The van der Waals surface area contributed by atoms with Gasteiger partial charge < -0.3 is 24.8 Å². The summed E-state index contributed by atoms with van der Waals surface area (Å²) in [6.07, 6.45) is 2.16. The van der Waals surface area contributed by atoms with Crippen LogP contribution < -0.4 is 0 Å². The SMILES string of the molecule is CCCOC=CC(=O)O.COC(O)C(C)(C)CO. The van der Waals surface area contributed by atoms with E-state index in [-0.39, 0.29) is 6.61 Å². The summed E-state index contributed by atoms with van der Waals surface area (Å²) in [5, 5.41) is 25.7. The Morgan fingerprint density at radius 2 is 2.00 bits per heavy atom. The summed E-state index contributed by atoms with van der Waals surface area (Å²) in [7, 11) is 1.40. The van der Waals surface area contributed by atoms with Crippen molar-refractivity contribution in [2.75, 3.05) is 20.3 Å². The number of rotatable bonds is 7. The minimum absolute atomic E-state index is 0.0813. The molecule has 3 N–H and O–H groups in total. The maximum atomic E-state index is 9.80. The maximum absolute atomic E-state index is 9.80. The molecule has 1 atom stereocenters. The third-order valence-corrected chi connectivity index (χ3v) is 1.93. The lowest BCUT2D eigenvalue weighted by Gasteiger charge is -2.26. The average molecular weight is 264 g/mol. The van der Waals surface area contributed by atoms with Crippen molar-refractivity contribution in [1.82, 2.24) is 0 Å². The fourth-order valence-electron chi connectivity index (χ4n) is 0.689. The fourth-order valence-corrected chi connectivity index (χ4v) is 0.689. The smallest absolute Gasteiger partial charge is 0.331 e. The van der Waals surface area contributed by atoms with Gasteiger partial charge in [0.05, 0.1) is 25.6 Å². The van der Waals surface area contributed by atoms with Crippen LogP contribution in [0.3, 0.4) is 0 Å². The molecule has 6 nitrogen and oxygen atoms in total. The molecule has 0 spiro atoms. The van der Waals surface area contributed by atoms with E-state index in [9.17, 15) is 4.79 Å². The number of ether oxygens (including phenoxy) is 2. The molecule has 0 saturated heterocycles. The zero-order valence-corrected chi connectivity index (χ0v) is 11.4. The van der Waals surface area contributed by atoms with E-state index in [1.165, 1.54) is 13.4 Å². The number of aliphatic carboxylic acids is 1. The lowest BCUT2D eigenvalue weighted by Crippen LogP contribution is -2.33. The van der Waals surface area contributed by atoms with E-state index in [2.05, 4.69) is 4.74 Å². The van der Waals surface area contributed by atoms with Crippen LogP contribution in [0.2, 0.25) is 0 Å². The van der Waals surface area contributed by atoms with Crippen LogP contribution >= 0.6 is 0 Å². The molecule has 0 radical (unpaired) electrons. The minimum atomic E-state index is -0.980. The highest BCUT2D eigenvalue weighted by Gasteiger charge is 2.26. The van der Waals surface area contributed by atoms with E-state index >= 15 is 0 Å². The normalized spacial score (nSPS) is 12.8. The van der Waals surface area contributed by atoms with Crippen molar-refractivity contribution in [3.63, 3.8) is 0 Å². The van der Waals surface area contributed by atoms with Gasteiger partial charge in [-0.2, -0.15) is 0 Å². The van der Waals surface area contributed by atoms with Gasteiger partial charge in [-0.25, -0.2) is 4.79 Å². The van der Waals surface area contributed by atoms with Crippen molar-refractivity contribution in [3.05, 3.63) is 12.3 Å². The Kier molecular flexibility index (Phi) is 11.8. The van der Waals surface area contributed by atoms with Gasteiger partial charge in [0.25, 0.3) is 0 Å². The number of carboxylic acids is 1. The molecule has 0 aromatic rings. The number of aliphatic hydroxyl groups is 2. The molecule has 18 heavy (non-hydrogen) atoms. The van der Waals surface area contributed by atoms with Crippen LogP contribution in [-0.4, -0.2) is 47.9 Å². The van der Waals surface area contributed by atoms with Crippen LogP contribution in [0.1, 0.15) is 27.2 Å². The number of aliphatic hydroxyl groups excluding tert-OH is 2. The van der Waals surface area contributed by atoms with Gasteiger partial charge >= 0.3 is 5.97 Å². The molecule has 0 heterocycles. The number of hydrogen-bond acceptors (Lipinski definition) is 5. The van der Waals surface area contributed by atoms with Crippen molar-refractivity contribution in [2.24, 2.45) is 5.41 Å². The highest BCUT2D eigenvalue weighted by Crippen LogP contribution is 2.19. The maximum Gasteiger partial charge on any atom is 0.331 e. The quantitative estimate of drug-likeness (QED) is 0.274. The number of hydrogen-bond donors (Lipinski definition) is 3. The molecular formula is C12H24O6. The largest absolute Gasteiger partial charge is 0.501 e. The van der Waals surface area contributed by atoms with Crippen LogP contribution in [0.25, 0.3) is 0 Å². The first kappa shape index (κ1) is 19.2. The van der Waals surface area contributed by atoms with Crippen LogP contribution in [0.4, 0.5) is 0 Å². The Morgan fingerprint density at radius 3 is 2.28 bits per heavy atom. The summed E-state index contributed by atoms with van der Waals surface area (Å²) in [6, 6.07) is 0. The summed E-state index contributed by atoms with van der Waals surface area (Å²) >= 11 is 0. The highest BCUT2D eigenvalue weighted by molar-refractivity contribution is 5.79. The summed E-state index contributed by atoms with van der Waals surface area (Å²) in [5.41, 5.74) is -0.561. The molecule has 0 aliphatic rings. The van der Waals surface area contributed by atoms with Crippen LogP contribution in [0.5, 0.6) is 0 Å². The Hall–Kier alpha value is -1.11. The second-order valence-electron chi connectivity index (χ2n) is 4.25. The topological polar surface area (TPSA) is 96.2 Å². The molecule has 1 unspecified atom stereocenters. The first-order valence-electron chi connectivity index (χ1n) is 5.64. The lowest BCUT2D eigenvalue weighted by atomic mass is 9.94. The number of carboxylic acid groups (broad SMARTS) is 1. The van der Waals surface area contributed by atoms with Crippen molar-refractivity contribution in [1.29, 1.82) is 0 Å². The Bertz CT molecular complexity index is 237. The molecule has 0 fully saturated rings. The third-order valence-electron chi connectivity index (χ3n) is 1.93. The number of methoxy groups -OCH3 is 1. The average Bonchev–Trinajstić information content (AvgIpc) is 2.34. The van der Waals surface area contributed by atoms with Crippen molar-refractivity contribution in [2.45, 2.75) is 33.5 Å². The molecular weight excluding hydrogens is 240 g/mol. The van der Waals surface area contributed by atoms with E-state index in [1.54, 1.807) is 13.8 Å². The monoisotopic (exact) mass is 264 g/mol. The standard InChI is InChI=1S/C6H14O3.C6H10O3/c1-6(2,4-7)5(8)9-3;1-2-4-9-5-3-6(7)8/h5,7-8H,4H2,1-3H3;3,5H,2,4H2,1H3,(H,7,8). The first-order chi connectivity index (χ1) is 8.31. The van der Waals surface area contributed by atoms with Crippen molar-refractivity contribution < 1.29 is 29.6 Å². The summed E-state index contributed by atoms with van der Waals surface area (Å²) in [6.45, 7) is 5.89. The van der Waals surface area contributed by atoms with E-state index in [0.29, 0.717) is 6.61 Å². The Morgan fingerprint density at radius 1 is 1.44 bits per heavy atom. The van der Waals surface area contributed by atoms with Crippen LogP contribution in [0, 0.1) is 5.41 Å². The highest BCUT2D eigenvalue weighted by atomic mass is 16.6. The Balaban J connectivity index is 0. The molecule has 0 bridgehead atoms. The van der Waals surface area contributed by atoms with Crippen LogP contribution in [0.15, 0.2) is 12.3 Å². The Labute approximate surface area is 108 Å².